The molecule has 0 aliphatic heterocycles. The fraction of sp³-hybridized carbons (Fsp3) is 0.188. The molecule has 20 heavy (non-hydrogen) atoms. The number of carbonyl (C=O) groups excluding carboxylic acids is 1. The van der Waals surface area contributed by atoms with Crippen LogP contribution >= 0.6 is 15.9 Å². The smallest absolute Gasteiger partial charge is 0.262 e. The molecule has 0 aliphatic carbocycles. The van der Waals surface area contributed by atoms with Crippen LogP contribution in [0.5, 0.6) is 5.75 Å². The van der Waals surface area contributed by atoms with Crippen molar-refractivity contribution in [1.29, 1.82) is 0 Å². The predicted octanol–water partition coefficient (Wildman–Crippen LogP) is 4.03. The average Bonchev–Trinajstić information content (AvgIpc) is 2.47. The predicted molar refractivity (Wildman–Crippen MR) is 84.1 cm³/mol. The van der Waals surface area contributed by atoms with Crippen molar-refractivity contribution < 1.29 is 9.53 Å². The van der Waals surface area contributed by atoms with Gasteiger partial charge in [0.25, 0.3) is 5.91 Å². The van der Waals surface area contributed by atoms with E-state index >= 15 is 0 Å². The number of halogens is 1. The fourth-order valence-corrected chi connectivity index (χ4v) is 1.96. The molecule has 0 atom stereocenters. The van der Waals surface area contributed by atoms with Crippen molar-refractivity contribution in [2.45, 2.75) is 13.3 Å². The first-order chi connectivity index (χ1) is 9.67. The zero-order chi connectivity index (χ0) is 14.4. The van der Waals surface area contributed by atoms with E-state index in [-0.39, 0.29) is 12.5 Å². The van der Waals surface area contributed by atoms with Crippen LogP contribution in [0.2, 0.25) is 0 Å². The molecule has 0 bridgehead atoms. The van der Waals surface area contributed by atoms with Gasteiger partial charge in [0.1, 0.15) is 5.75 Å². The number of carbonyl (C=O) groups is 1. The first-order valence-electron chi connectivity index (χ1n) is 6.44. The summed E-state index contributed by atoms with van der Waals surface area (Å²) in [4.78, 5) is 11.8. The summed E-state index contributed by atoms with van der Waals surface area (Å²) in [6.07, 6.45) is 0.987. The van der Waals surface area contributed by atoms with E-state index in [1.807, 2.05) is 48.5 Å². The van der Waals surface area contributed by atoms with E-state index in [0.717, 1.165) is 16.6 Å². The number of hydrogen-bond acceptors (Lipinski definition) is 2. The van der Waals surface area contributed by atoms with Gasteiger partial charge in [0.05, 0.1) is 0 Å². The van der Waals surface area contributed by atoms with E-state index < -0.39 is 0 Å². The van der Waals surface area contributed by atoms with E-state index in [1.165, 1.54) is 5.56 Å². The van der Waals surface area contributed by atoms with Crippen molar-refractivity contribution in [3.05, 3.63) is 58.6 Å². The monoisotopic (exact) mass is 333 g/mol. The van der Waals surface area contributed by atoms with Crippen LogP contribution < -0.4 is 10.1 Å². The topological polar surface area (TPSA) is 38.3 Å². The van der Waals surface area contributed by atoms with Crippen molar-refractivity contribution in [3.8, 4) is 5.75 Å². The van der Waals surface area contributed by atoms with E-state index in [9.17, 15) is 4.79 Å². The highest BCUT2D eigenvalue weighted by atomic mass is 79.9. The average molecular weight is 334 g/mol. The van der Waals surface area contributed by atoms with Gasteiger partial charge in [-0.15, -0.1) is 0 Å². The molecule has 2 aromatic carbocycles. The van der Waals surface area contributed by atoms with Gasteiger partial charge in [-0.2, -0.15) is 0 Å². The molecule has 0 heterocycles. The Morgan fingerprint density at radius 3 is 2.35 bits per heavy atom. The fourth-order valence-electron chi connectivity index (χ4n) is 1.70. The number of hydrogen-bond donors (Lipinski definition) is 1. The number of amides is 1. The van der Waals surface area contributed by atoms with Crippen LogP contribution in [-0.2, 0) is 11.2 Å². The lowest BCUT2D eigenvalue weighted by Crippen LogP contribution is -2.20. The number of rotatable bonds is 5. The van der Waals surface area contributed by atoms with Gasteiger partial charge in [-0.3, -0.25) is 4.79 Å². The van der Waals surface area contributed by atoms with Crippen LogP contribution in [0.15, 0.2) is 53.0 Å². The maximum absolute atomic E-state index is 11.8. The second kappa shape index (κ2) is 7.10. The molecule has 0 unspecified atom stereocenters. The summed E-state index contributed by atoms with van der Waals surface area (Å²) in [6.45, 7) is 2.09. The molecular formula is C16H16BrNO2. The van der Waals surface area contributed by atoms with E-state index in [0.29, 0.717) is 5.75 Å². The lowest BCUT2D eigenvalue weighted by molar-refractivity contribution is -0.118. The van der Waals surface area contributed by atoms with E-state index in [1.54, 1.807) is 0 Å². The standard InChI is InChI=1S/C16H16BrNO2/c1-2-12-3-7-14(8-4-12)18-16(19)11-20-15-9-5-13(17)6-10-15/h3-10H,2,11H2,1H3,(H,18,19). The van der Waals surface area contributed by atoms with Gasteiger partial charge in [-0.25, -0.2) is 0 Å². The molecule has 2 aromatic rings. The summed E-state index contributed by atoms with van der Waals surface area (Å²) in [5.74, 6) is 0.502. The maximum Gasteiger partial charge on any atom is 0.262 e. The summed E-state index contributed by atoms with van der Waals surface area (Å²) in [6, 6.07) is 15.2. The lowest BCUT2D eigenvalue weighted by atomic mass is 10.1. The summed E-state index contributed by atoms with van der Waals surface area (Å²) >= 11 is 3.35. The van der Waals surface area contributed by atoms with Crippen LogP contribution in [-0.4, -0.2) is 12.5 Å². The van der Waals surface area contributed by atoms with Gasteiger partial charge in [0.15, 0.2) is 6.61 Å². The molecule has 4 heteroatoms. The number of nitrogens with one attached hydrogen (secondary N) is 1. The summed E-state index contributed by atoms with van der Waals surface area (Å²) in [5.41, 5.74) is 2.03. The molecular weight excluding hydrogens is 318 g/mol. The molecule has 0 aromatic heterocycles. The highest BCUT2D eigenvalue weighted by molar-refractivity contribution is 9.10. The zero-order valence-electron chi connectivity index (χ0n) is 11.2. The van der Waals surface area contributed by atoms with E-state index in [4.69, 9.17) is 4.74 Å². The van der Waals surface area contributed by atoms with Gasteiger partial charge in [-0.1, -0.05) is 35.0 Å². The Morgan fingerprint density at radius 1 is 1.10 bits per heavy atom. The first kappa shape index (κ1) is 14.6. The Hall–Kier alpha value is -1.81. The lowest BCUT2D eigenvalue weighted by Gasteiger charge is -2.08. The highest BCUT2D eigenvalue weighted by Gasteiger charge is 2.03. The van der Waals surface area contributed by atoms with Crippen molar-refractivity contribution in [2.75, 3.05) is 11.9 Å². The van der Waals surface area contributed by atoms with Gasteiger partial charge >= 0.3 is 0 Å². The minimum absolute atomic E-state index is 0.00282. The quantitative estimate of drug-likeness (QED) is 0.897. The Morgan fingerprint density at radius 2 is 1.75 bits per heavy atom. The van der Waals surface area contributed by atoms with Crippen molar-refractivity contribution in [1.82, 2.24) is 0 Å². The molecule has 0 radical (unpaired) electrons. The Balaban J connectivity index is 1.84. The number of ether oxygens (including phenoxy) is 1. The minimum atomic E-state index is -0.169. The Kier molecular flexibility index (Phi) is 5.18. The summed E-state index contributed by atoms with van der Waals surface area (Å²) < 4.78 is 6.38. The van der Waals surface area contributed by atoms with Crippen molar-refractivity contribution in [3.63, 3.8) is 0 Å². The van der Waals surface area contributed by atoms with Gasteiger partial charge in [-0.05, 0) is 48.4 Å². The maximum atomic E-state index is 11.8. The molecule has 2 rings (SSSR count). The van der Waals surface area contributed by atoms with Gasteiger partial charge in [0.2, 0.25) is 0 Å². The van der Waals surface area contributed by atoms with Crippen molar-refractivity contribution >= 4 is 27.5 Å². The van der Waals surface area contributed by atoms with Crippen LogP contribution in [0.1, 0.15) is 12.5 Å². The van der Waals surface area contributed by atoms with Gasteiger partial charge in [0, 0.05) is 10.2 Å². The third-order valence-electron chi connectivity index (χ3n) is 2.83. The normalized spacial score (nSPS) is 10.1. The molecule has 0 aliphatic rings. The molecule has 0 fully saturated rings. The largest absolute Gasteiger partial charge is 0.484 e. The third-order valence-corrected chi connectivity index (χ3v) is 3.36. The van der Waals surface area contributed by atoms with Crippen LogP contribution in [0.4, 0.5) is 5.69 Å². The van der Waals surface area contributed by atoms with E-state index in [2.05, 4.69) is 28.2 Å². The third kappa shape index (κ3) is 4.38. The van der Waals surface area contributed by atoms with Crippen LogP contribution in [0, 0.1) is 0 Å². The summed E-state index contributed by atoms with van der Waals surface area (Å²) in [5, 5.41) is 2.80. The van der Waals surface area contributed by atoms with Gasteiger partial charge < -0.3 is 10.1 Å². The van der Waals surface area contributed by atoms with Crippen molar-refractivity contribution in [2.24, 2.45) is 0 Å². The molecule has 0 saturated carbocycles. The molecule has 1 N–H and O–H groups in total. The second-order valence-corrected chi connectivity index (χ2v) is 5.26. The van der Waals surface area contributed by atoms with Crippen LogP contribution in [0.3, 0.4) is 0 Å². The Bertz CT molecular complexity index is 564. The first-order valence-corrected chi connectivity index (χ1v) is 7.24. The Labute approximate surface area is 127 Å². The second-order valence-electron chi connectivity index (χ2n) is 4.34. The molecule has 0 spiro atoms. The summed E-state index contributed by atoms with van der Waals surface area (Å²) in [7, 11) is 0. The molecule has 3 nitrogen and oxygen atoms in total. The molecule has 1 amide bonds. The number of aryl methyl sites for hydroxylation is 1. The zero-order valence-corrected chi connectivity index (χ0v) is 12.8. The molecule has 104 valence electrons. The number of benzene rings is 2. The molecule has 0 saturated heterocycles. The van der Waals surface area contributed by atoms with Crippen LogP contribution in [0.25, 0.3) is 0 Å². The number of anilines is 1. The highest BCUT2D eigenvalue weighted by Crippen LogP contribution is 2.16. The minimum Gasteiger partial charge on any atom is -0.484 e. The SMILES string of the molecule is CCc1ccc(NC(=O)COc2ccc(Br)cc2)cc1.